The molecule has 0 unspecified atom stereocenters. The quantitative estimate of drug-likeness (QED) is 0.815. The number of carbonyl (C=O) groups is 1. The topological polar surface area (TPSA) is 46.3 Å². The predicted octanol–water partition coefficient (Wildman–Crippen LogP) is 2.96. The molecular formula is C20H26N2O. The van der Waals surface area contributed by atoms with Crippen LogP contribution in [0.2, 0.25) is 0 Å². The molecule has 122 valence electrons. The van der Waals surface area contributed by atoms with Gasteiger partial charge in [0.2, 0.25) is 5.91 Å². The molecule has 2 N–H and O–H groups in total. The molecule has 2 aromatic rings. The first-order valence-electron chi connectivity index (χ1n) is 8.26. The van der Waals surface area contributed by atoms with E-state index < -0.39 is 0 Å². The van der Waals surface area contributed by atoms with Crippen LogP contribution in [0.3, 0.4) is 0 Å². The van der Waals surface area contributed by atoms with Gasteiger partial charge in [-0.2, -0.15) is 0 Å². The summed E-state index contributed by atoms with van der Waals surface area (Å²) in [6.45, 7) is 3.93. The Morgan fingerprint density at radius 1 is 0.913 bits per heavy atom. The standard InChI is InChI=1S/C20H26N2O/c1-17-7-9-19(10-8-17)11-12-20(23)22(16-14-21)15-13-18-5-3-2-4-6-18/h2-10H,11-16,21H2,1H3. The summed E-state index contributed by atoms with van der Waals surface area (Å²) in [7, 11) is 0. The molecular weight excluding hydrogens is 284 g/mol. The van der Waals surface area contributed by atoms with Crippen molar-refractivity contribution in [2.45, 2.75) is 26.2 Å². The van der Waals surface area contributed by atoms with Crippen molar-refractivity contribution < 1.29 is 4.79 Å². The molecule has 0 bridgehead atoms. The monoisotopic (exact) mass is 310 g/mol. The molecule has 0 fully saturated rings. The van der Waals surface area contributed by atoms with Gasteiger partial charge in [0.15, 0.2) is 0 Å². The molecule has 2 rings (SSSR count). The van der Waals surface area contributed by atoms with Crippen LogP contribution in [0, 0.1) is 6.92 Å². The van der Waals surface area contributed by atoms with Gasteiger partial charge in [-0.25, -0.2) is 0 Å². The predicted molar refractivity (Wildman–Crippen MR) is 95.3 cm³/mol. The Morgan fingerprint density at radius 3 is 2.22 bits per heavy atom. The largest absolute Gasteiger partial charge is 0.341 e. The molecule has 0 radical (unpaired) electrons. The van der Waals surface area contributed by atoms with Crippen LogP contribution in [0.25, 0.3) is 0 Å². The second-order valence-electron chi connectivity index (χ2n) is 5.89. The third kappa shape index (κ3) is 5.87. The Balaban J connectivity index is 1.86. The molecule has 2 aromatic carbocycles. The normalized spacial score (nSPS) is 10.5. The maximum Gasteiger partial charge on any atom is 0.222 e. The highest BCUT2D eigenvalue weighted by Gasteiger charge is 2.12. The van der Waals surface area contributed by atoms with Crippen molar-refractivity contribution in [1.29, 1.82) is 0 Å². The van der Waals surface area contributed by atoms with Crippen molar-refractivity contribution in [2.75, 3.05) is 19.6 Å². The van der Waals surface area contributed by atoms with Crippen LogP contribution in [-0.2, 0) is 17.6 Å². The smallest absolute Gasteiger partial charge is 0.222 e. The van der Waals surface area contributed by atoms with Crippen molar-refractivity contribution >= 4 is 5.91 Å². The minimum Gasteiger partial charge on any atom is -0.341 e. The van der Waals surface area contributed by atoms with Gasteiger partial charge in [-0.3, -0.25) is 4.79 Å². The van der Waals surface area contributed by atoms with E-state index in [-0.39, 0.29) is 5.91 Å². The summed E-state index contributed by atoms with van der Waals surface area (Å²) in [6.07, 6.45) is 2.19. The average Bonchev–Trinajstić information content (AvgIpc) is 2.58. The maximum atomic E-state index is 12.5. The van der Waals surface area contributed by atoms with Crippen molar-refractivity contribution in [2.24, 2.45) is 5.73 Å². The van der Waals surface area contributed by atoms with Gasteiger partial charge in [-0.1, -0.05) is 60.2 Å². The summed E-state index contributed by atoms with van der Waals surface area (Å²) in [5, 5.41) is 0. The van der Waals surface area contributed by atoms with Crippen LogP contribution in [0.15, 0.2) is 54.6 Å². The van der Waals surface area contributed by atoms with Crippen molar-refractivity contribution in [3.8, 4) is 0 Å². The summed E-state index contributed by atoms with van der Waals surface area (Å²) in [5.74, 6) is 0.187. The SMILES string of the molecule is Cc1ccc(CCC(=O)N(CCN)CCc2ccccc2)cc1. The van der Waals surface area contributed by atoms with Gasteiger partial charge >= 0.3 is 0 Å². The lowest BCUT2D eigenvalue weighted by molar-refractivity contribution is -0.131. The van der Waals surface area contributed by atoms with Crippen LogP contribution in [0.4, 0.5) is 0 Å². The highest BCUT2D eigenvalue weighted by molar-refractivity contribution is 5.76. The van der Waals surface area contributed by atoms with E-state index in [2.05, 4.69) is 43.3 Å². The first-order chi connectivity index (χ1) is 11.2. The van der Waals surface area contributed by atoms with E-state index in [1.165, 1.54) is 16.7 Å². The zero-order valence-electron chi connectivity index (χ0n) is 13.9. The number of benzene rings is 2. The molecule has 0 aliphatic heterocycles. The minimum absolute atomic E-state index is 0.187. The minimum atomic E-state index is 0.187. The molecule has 0 aliphatic carbocycles. The molecule has 23 heavy (non-hydrogen) atoms. The van der Waals surface area contributed by atoms with Gasteiger partial charge in [0.25, 0.3) is 0 Å². The number of aryl methyl sites for hydroxylation is 2. The Hall–Kier alpha value is -2.13. The Kier molecular flexibility index (Phi) is 6.82. The van der Waals surface area contributed by atoms with E-state index in [9.17, 15) is 4.79 Å². The van der Waals surface area contributed by atoms with Gasteiger partial charge in [0, 0.05) is 26.1 Å². The Labute approximate surface area is 139 Å². The highest BCUT2D eigenvalue weighted by atomic mass is 16.2. The van der Waals surface area contributed by atoms with Gasteiger partial charge in [-0.15, -0.1) is 0 Å². The molecule has 0 aromatic heterocycles. The van der Waals surface area contributed by atoms with E-state index in [0.717, 1.165) is 19.4 Å². The van der Waals surface area contributed by atoms with E-state index in [0.29, 0.717) is 19.5 Å². The zero-order valence-corrected chi connectivity index (χ0v) is 13.9. The first-order valence-corrected chi connectivity index (χ1v) is 8.26. The van der Waals surface area contributed by atoms with Crippen molar-refractivity contribution in [3.63, 3.8) is 0 Å². The summed E-state index contributed by atoms with van der Waals surface area (Å²) in [4.78, 5) is 14.4. The van der Waals surface area contributed by atoms with E-state index in [1.807, 2.05) is 23.1 Å². The fraction of sp³-hybridized carbons (Fsp3) is 0.350. The summed E-state index contributed by atoms with van der Waals surface area (Å²) < 4.78 is 0. The first kappa shape index (κ1) is 17.2. The van der Waals surface area contributed by atoms with Gasteiger partial charge in [-0.05, 0) is 30.9 Å². The molecule has 1 amide bonds. The molecule has 3 nitrogen and oxygen atoms in total. The molecule has 0 atom stereocenters. The molecule has 3 heteroatoms. The lowest BCUT2D eigenvalue weighted by Gasteiger charge is -2.22. The van der Waals surface area contributed by atoms with Crippen LogP contribution in [0.5, 0.6) is 0 Å². The lowest BCUT2D eigenvalue weighted by atomic mass is 10.1. The Bertz CT molecular complexity index is 593. The van der Waals surface area contributed by atoms with Crippen LogP contribution in [-0.4, -0.2) is 30.4 Å². The number of amides is 1. The van der Waals surface area contributed by atoms with Gasteiger partial charge in [0.1, 0.15) is 0 Å². The van der Waals surface area contributed by atoms with Crippen LogP contribution in [0.1, 0.15) is 23.1 Å². The van der Waals surface area contributed by atoms with Crippen molar-refractivity contribution in [1.82, 2.24) is 4.90 Å². The number of rotatable bonds is 8. The molecule has 0 spiro atoms. The number of hydrogen-bond donors (Lipinski definition) is 1. The highest BCUT2D eigenvalue weighted by Crippen LogP contribution is 2.08. The summed E-state index contributed by atoms with van der Waals surface area (Å²) in [6, 6.07) is 18.6. The second kappa shape index (κ2) is 9.11. The lowest BCUT2D eigenvalue weighted by Crippen LogP contribution is -2.37. The molecule has 0 saturated heterocycles. The number of nitrogens with zero attached hydrogens (tertiary/aromatic N) is 1. The number of carbonyl (C=O) groups excluding carboxylic acids is 1. The molecule has 0 heterocycles. The van der Waals surface area contributed by atoms with Gasteiger partial charge < -0.3 is 10.6 Å². The number of nitrogens with two attached hydrogens (primary N) is 1. The third-order valence-electron chi connectivity index (χ3n) is 4.01. The fourth-order valence-corrected chi connectivity index (χ4v) is 2.59. The second-order valence-corrected chi connectivity index (χ2v) is 5.89. The van der Waals surface area contributed by atoms with E-state index in [1.54, 1.807) is 0 Å². The molecule has 0 aliphatic rings. The Morgan fingerprint density at radius 2 is 1.57 bits per heavy atom. The van der Waals surface area contributed by atoms with E-state index in [4.69, 9.17) is 5.73 Å². The van der Waals surface area contributed by atoms with Crippen LogP contribution >= 0.6 is 0 Å². The van der Waals surface area contributed by atoms with E-state index >= 15 is 0 Å². The van der Waals surface area contributed by atoms with Crippen molar-refractivity contribution in [3.05, 3.63) is 71.3 Å². The summed E-state index contributed by atoms with van der Waals surface area (Å²) >= 11 is 0. The maximum absolute atomic E-state index is 12.5. The van der Waals surface area contributed by atoms with Crippen LogP contribution < -0.4 is 5.73 Å². The zero-order chi connectivity index (χ0) is 16.5. The number of hydrogen-bond acceptors (Lipinski definition) is 2. The molecule has 0 saturated carbocycles. The average molecular weight is 310 g/mol. The fourth-order valence-electron chi connectivity index (χ4n) is 2.59. The third-order valence-corrected chi connectivity index (χ3v) is 4.01. The van der Waals surface area contributed by atoms with Gasteiger partial charge in [0.05, 0.1) is 0 Å². The summed E-state index contributed by atoms with van der Waals surface area (Å²) in [5.41, 5.74) is 9.37.